The highest BCUT2D eigenvalue weighted by molar-refractivity contribution is 5.93. The van der Waals surface area contributed by atoms with Gasteiger partial charge >= 0.3 is 0 Å². The van der Waals surface area contributed by atoms with Gasteiger partial charge in [-0.05, 0) is 60.7 Å². The summed E-state index contributed by atoms with van der Waals surface area (Å²) in [5.74, 6) is 0.761. The van der Waals surface area contributed by atoms with Crippen molar-refractivity contribution >= 4 is 16.7 Å². The van der Waals surface area contributed by atoms with E-state index in [1.54, 1.807) is 12.1 Å². The van der Waals surface area contributed by atoms with Crippen molar-refractivity contribution in [1.29, 1.82) is 0 Å². The molecule has 0 N–H and O–H groups in total. The van der Waals surface area contributed by atoms with E-state index in [-0.39, 0.29) is 5.82 Å². The van der Waals surface area contributed by atoms with Gasteiger partial charge in [-0.1, -0.05) is 36.4 Å². The Balaban J connectivity index is 1.63. The Labute approximate surface area is 170 Å². The largest absolute Gasteiger partial charge is 0.350 e. The molecule has 0 spiro atoms. The Morgan fingerprint density at radius 1 is 1.07 bits per heavy atom. The van der Waals surface area contributed by atoms with Crippen LogP contribution in [0, 0.1) is 25.9 Å². The summed E-state index contributed by atoms with van der Waals surface area (Å²) >= 11 is 0. The first kappa shape index (κ1) is 17.9. The number of aryl methyl sites for hydroxylation is 1. The molecule has 0 unspecified atom stereocenters. The summed E-state index contributed by atoms with van der Waals surface area (Å²) in [5, 5.41) is 1.17. The van der Waals surface area contributed by atoms with Crippen LogP contribution in [0.15, 0.2) is 54.6 Å². The Bertz CT molecular complexity index is 1210. The second-order valence-electron chi connectivity index (χ2n) is 7.84. The van der Waals surface area contributed by atoms with E-state index in [0.29, 0.717) is 6.54 Å². The first-order valence-electron chi connectivity index (χ1n) is 10.0. The molecule has 5 rings (SSSR count). The van der Waals surface area contributed by atoms with Crippen LogP contribution in [0.5, 0.6) is 0 Å². The van der Waals surface area contributed by atoms with Crippen LogP contribution < -0.4 is 4.90 Å². The van der Waals surface area contributed by atoms with Crippen LogP contribution in [0.25, 0.3) is 10.9 Å². The molecule has 2 aromatic carbocycles. The van der Waals surface area contributed by atoms with Gasteiger partial charge in [0, 0.05) is 30.7 Å². The van der Waals surface area contributed by atoms with Crippen LogP contribution >= 0.6 is 0 Å². The van der Waals surface area contributed by atoms with Crippen molar-refractivity contribution in [3.8, 4) is 0 Å². The molecule has 0 fully saturated rings. The molecule has 3 nitrogen and oxygen atoms in total. The van der Waals surface area contributed by atoms with Gasteiger partial charge in [0.05, 0.1) is 11.7 Å². The molecule has 4 heteroatoms. The third-order valence-corrected chi connectivity index (χ3v) is 6.13. The lowest BCUT2D eigenvalue weighted by atomic mass is 10.00. The molecule has 0 atom stereocenters. The zero-order valence-electron chi connectivity index (χ0n) is 16.7. The molecule has 2 aromatic heterocycles. The Morgan fingerprint density at radius 3 is 2.72 bits per heavy atom. The zero-order valence-corrected chi connectivity index (χ0v) is 16.7. The van der Waals surface area contributed by atoms with Crippen LogP contribution in [-0.2, 0) is 19.5 Å². The number of nitrogens with zero attached hydrogens (tertiary/aromatic N) is 3. The highest BCUT2D eigenvalue weighted by atomic mass is 19.1. The molecule has 0 saturated carbocycles. The first-order chi connectivity index (χ1) is 14.1. The van der Waals surface area contributed by atoms with Crippen LogP contribution in [-0.4, -0.2) is 16.1 Å². The minimum Gasteiger partial charge on any atom is -0.350 e. The summed E-state index contributed by atoms with van der Waals surface area (Å²) in [6, 6.07) is 17.4. The van der Waals surface area contributed by atoms with E-state index in [0.717, 1.165) is 36.4 Å². The van der Waals surface area contributed by atoms with Gasteiger partial charge in [0.15, 0.2) is 5.82 Å². The molecule has 145 valence electrons. The summed E-state index contributed by atoms with van der Waals surface area (Å²) in [5.41, 5.74) is 7.25. The number of anilines is 1. The van der Waals surface area contributed by atoms with Crippen LogP contribution in [0.4, 0.5) is 10.2 Å². The third-order valence-electron chi connectivity index (χ3n) is 6.13. The maximum atomic E-state index is 13.8. The first-order valence-corrected chi connectivity index (χ1v) is 10.0. The lowest BCUT2D eigenvalue weighted by Crippen LogP contribution is -2.31. The van der Waals surface area contributed by atoms with E-state index >= 15 is 0 Å². The van der Waals surface area contributed by atoms with Crippen molar-refractivity contribution in [2.24, 2.45) is 0 Å². The van der Waals surface area contributed by atoms with Gasteiger partial charge in [-0.3, -0.25) is 0 Å². The maximum Gasteiger partial charge on any atom is 0.154 e. The smallest absolute Gasteiger partial charge is 0.154 e. The molecule has 4 aromatic rings. The van der Waals surface area contributed by atoms with Gasteiger partial charge in [-0.25, -0.2) is 9.37 Å². The van der Waals surface area contributed by atoms with Crippen LogP contribution in [0.2, 0.25) is 0 Å². The molecule has 1 radical (unpaired) electrons. The van der Waals surface area contributed by atoms with E-state index in [2.05, 4.69) is 58.8 Å². The SMILES string of the molecule is Cc1c(C)n(Cc2cccc(F)c2)c2c(N3CCc4ccccc4C3)n[c]cc12. The zero-order chi connectivity index (χ0) is 20.0. The van der Waals surface area contributed by atoms with Gasteiger partial charge in [0.25, 0.3) is 0 Å². The highest BCUT2D eigenvalue weighted by Crippen LogP contribution is 2.34. The van der Waals surface area contributed by atoms with E-state index in [9.17, 15) is 4.39 Å². The second-order valence-corrected chi connectivity index (χ2v) is 7.84. The van der Waals surface area contributed by atoms with Crippen molar-refractivity contribution in [2.45, 2.75) is 33.4 Å². The fraction of sp³-hybridized carbons (Fsp3) is 0.240. The fourth-order valence-electron chi connectivity index (χ4n) is 4.43. The van der Waals surface area contributed by atoms with Crippen molar-refractivity contribution < 1.29 is 4.39 Å². The molecule has 29 heavy (non-hydrogen) atoms. The molecular weight excluding hydrogens is 361 g/mol. The lowest BCUT2D eigenvalue weighted by molar-refractivity contribution is 0.623. The van der Waals surface area contributed by atoms with Gasteiger partial charge in [-0.15, -0.1) is 0 Å². The van der Waals surface area contributed by atoms with Crippen molar-refractivity contribution in [3.63, 3.8) is 0 Å². The fourth-order valence-corrected chi connectivity index (χ4v) is 4.43. The van der Waals surface area contributed by atoms with Gasteiger partial charge in [0.2, 0.25) is 0 Å². The van der Waals surface area contributed by atoms with Gasteiger partial charge < -0.3 is 9.47 Å². The number of aromatic nitrogens is 2. The van der Waals surface area contributed by atoms with Crippen molar-refractivity contribution in [1.82, 2.24) is 9.55 Å². The molecule has 1 aliphatic rings. The summed E-state index contributed by atoms with van der Waals surface area (Å²) in [6.45, 7) is 6.67. The summed E-state index contributed by atoms with van der Waals surface area (Å²) in [7, 11) is 0. The average molecular weight is 384 g/mol. The average Bonchev–Trinajstić information content (AvgIpc) is 2.98. The minimum atomic E-state index is -0.201. The highest BCUT2D eigenvalue weighted by Gasteiger charge is 2.23. The molecule has 0 amide bonds. The quantitative estimate of drug-likeness (QED) is 0.484. The number of rotatable bonds is 3. The normalized spacial score (nSPS) is 13.7. The van der Waals surface area contributed by atoms with Crippen molar-refractivity contribution in [3.05, 3.63) is 94.6 Å². The molecule has 3 heterocycles. The molecule has 0 aliphatic carbocycles. The molecule has 0 bridgehead atoms. The minimum absolute atomic E-state index is 0.201. The summed E-state index contributed by atoms with van der Waals surface area (Å²) in [6.07, 6.45) is 4.13. The maximum absolute atomic E-state index is 13.8. The van der Waals surface area contributed by atoms with Crippen LogP contribution in [0.3, 0.4) is 0 Å². The standard InChI is InChI=1S/C25H23FN3/c1-17-18(2)29(15-19-6-5-9-22(26)14-19)24-23(17)10-12-27-25(24)28-13-11-20-7-3-4-8-21(20)16-28/h3-10,14H,11,13,15-16H2,1-2H3. The summed E-state index contributed by atoms with van der Waals surface area (Å²) in [4.78, 5) is 7.03. The predicted octanol–water partition coefficient (Wildman–Crippen LogP) is 5.20. The number of hydrogen-bond donors (Lipinski definition) is 0. The Kier molecular flexibility index (Phi) is 4.35. The van der Waals surface area contributed by atoms with E-state index < -0.39 is 0 Å². The number of benzene rings is 2. The van der Waals surface area contributed by atoms with E-state index in [1.807, 2.05) is 12.1 Å². The number of hydrogen-bond acceptors (Lipinski definition) is 2. The lowest BCUT2D eigenvalue weighted by Gasteiger charge is -2.30. The van der Waals surface area contributed by atoms with E-state index in [1.165, 1.54) is 33.8 Å². The number of pyridine rings is 1. The summed E-state index contributed by atoms with van der Waals surface area (Å²) < 4.78 is 16.0. The number of fused-ring (bicyclic) bond motifs is 2. The Hall–Kier alpha value is -3.14. The number of halogens is 1. The van der Waals surface area contributed by atoms with Crippen molar-refractivity contribution in [2.75, 3.05) is 11.4 Å². The predicted molar refractivity (Wildman–Crippen MR) is 115 cm³/mol. The Morgan fingerprint density at radius 2 is 1.90 bits per heavy atom. The monoisotopic (exact) mass is 384 g/mol. The molecule has 0 saturated heterocycles. The molecular formula is C25H23FN3. The second kappa shape index (κ2) is 7.03. The van der Waals surface area contributed by atoms with Gasteiger partial charge in [-0.2, -0.15) is 0 Å². The van der Waals surface area contributed by atoms with E-state index in [4.69, 9.17) is 0 Å². The van der Waals surface area contributed by atoms with Crippen LogP contribution in [0.1, 0.15) is 27.9 Å². The topological polar surface area (TPSA) is 21.1 Å². The molecule has 1 aliphatic heterocycles. The third kappa shape index (κ3) is 3.09. The van der Waals surface area contributed by atoms with Gasteiger partial charge in [0.1, 0.15) is 5.82 Å².